The largest absolute Gasteiger partial charge is 0.489 e. The predicted molar refractivity (Wildman–Crippen MR) is 81.5 cm³/mol. The second kappa shape index (κ2) is 6.72. The van der Waals surface area contributed by atoms with Gasteiger partial charge < -0.3 is 9.47 Å². The van der Waals surface area contributed by atoms with Crippen molar-refractivity contribution >= 4 is 0 Å². The van der Waals surface area contributed by atoms with Crippen molar-refractivity contribution in [2.75, 3.05) is 0 Å². The van der Waals surface area contributed by atoms with Gasteiger partial charge in [0.2, 0.25) is 0 Å². The van der Waals surface area contributed by atoms with E-state index in [-0.39, 0.29) is 5.82 Å². The molecule has 3 aromatic rings. The number of rotatable bonds is 5. The predicted octanol–water partition coefficient (Wildman–Crippen LogP) is 4.59. The monoisotopic (exact) mass is 295 g/mol. The van der Waals surface area contributed by atoms with Gasteiger partial charge in [-0.05, 0) is 42.5 Å². The lowest BCUT2D eigenvalue weighted by molar-refractivity contribution is 0.304. The van der Waals surface area contributed by atoms with Crippen LogP contribution in [0.25, 0.3) is 0 Å². The minimum Gasteiger partial charge on any atom is -0.489 e. The third kappa shape index (κ3) is 3.82. The first-order valence-corrected chi connectivity index (χ1v) is 6.85. The number of aromatic nitrogens is 1. The van der Waals surface area contributed by atoms with Crippen molar-refractivity contribution < 1.29 is 13.9 Å². The van der Waals surface area contributed by atoms with Crippen LogP contribution in [0.4, 0.5) is 4.39 Å². The van der Waals surface area contributed by atoms with E-state index in [9.17, 15) is 4.39 Å². The van der Waals surface area contributed by atoms with Gasteiger partial charge in [0.15, 0.2) is 0 Å². The Bertz CT molecular complexity index is 730. The first kappa shape index (κ1) is 14.1. The highest BCUT2D eigenvalue weighted by atomic mass is 19.1. The topological polar surface area (TPSA) is 31.4 Å². The molecule has 4 heteroatoms. The second-order valence-electron chi connectivity index (χ2n) is 4.68. The molecule has 3 rings (SSSR count). The van der Waals surface area contributed by atoms with Crippen LogP contribution in [0.5, 0.6) is 17.2 Å². The Morgan fingerprint density at radius 3 is 2.45 bits per heavy atom. The van der Waals surface area contributed by atoms with Gasteiger partial charge in [0.05, 0.1) is 0 Å². The Kier molecular flexibility index (Phi) is 4.30. The smallest absolute Gasteiger partial charge is 0.131 e. The molecule has 0 fully saturated rings. The Labute approximate surface area is 128 Å². The normalized spacial score (nSPS) is 10.2. The van der Waals surface area contributed by atoms with Crippen molar-refractivity contribution in [2.45, 2.75) is 6.61 Å². The molecule has 3 nitrogen and oxygen atoms in total. The molecule has 0 N–H and O–H groups in total. The maximum atomic E-state index is 12.9. The van der Waals surface area contributed by atoms with Gasteiger partial charge in [0.25, 0.3) is 0 Å². The molecular weight excluding hydrogens is 281 g/mol. The standard InChI is InChI=1S/C18H14FNO2/c19-15-6-8-16(9-7-15)22-18-5-1-4-17(11-18)21-13-14-3-2-10-20-12-14/h1-12H,13H2. The summed E-state index contributed by atoms with van der Waals surface area (Å²) in [7, 11) is 0. The molecular formula is C18H14FNO2. The third-order valence-corrected chi connectivity index (χ3v) is 2.98. The molecule has 0 saturated heterocycles. The van der Waals surface area contributed by atoms with Crippen molar-refractivity contribution in [3.63, 3.8) is 0 Å². The van der Waals surface area contributed by atoms with E-state index in [4.69, 9.17) is 9.47 Å². The highest BCUT2D eigenvalue weighted by Gasteiger charge is 2.01. The van der Waals surface area contributed by atoms with E-state index < -0.39 is 0 Å². The first-order chi connectivity index (χ1) is 10.8. The van der Waals surface area contributed by atoms with E-state index in [1.54, 1.807) is 30.6 Å². The maximum absolute atomic E-state index is 12.9. The molecule has 110 valence electrons. The number of hydrogen-bond donors (Lipinski definition) is 0. The zero-order valence-electron chi connectivity index (χ0n) is 11.8. The minimum absolute atomic E-state index is 0.291. The highest BCUT2D eigenvalue weighted by Crippen LogP contribution is 2.25. The summed E-state index contributed by atoms with van der Waals surface area (Å²) < 4.78 is 24.2. The SMILES string of the molecule is Fc1ccc(Oc2cccc(OCc3cccnc3)c2)cc1. The van der Waals surface area contributed by atoms with Crippen LogP contribution >= 0.6 is 0 Å². The van der Waals surface area contributed by atoms with Crippen LogP contribution in [-0.4, -0.2) is 4.98 Å². The van der Waals surface area contributed by atoms with E-state index >= 15 is 0 Å². The van der Waals surface area contributed by atoms with Crippen molar-refractivity contribution in [1.29, 1.82) is 0 Å². The van der Waals surface area contributed by atoms with Crippen LogP contribution in [0, 0.1) is 5.82 Å². The lowest BCUT2D eigenvalue weighted by Crippen LogP contribution is -1.95. The van der Waals surface area contributed by atoms with Crippen molar-refractivity contribution in [1.82, 2.24) is 4.98 Å². The number of nitrogens with zero attached hydrogens (tertiary/aromatic N) is 1. The van der Waals surface area contributed by atoms with Crippen LogP contribution in [0.2, 0.25) is 0 Å². The molecule has 0 unspecified atom stereocenters. The van der Waals surface area contributed by atoms with Crippen LogP contribution in [0.3, 0.4) is 0 Å². The van der Waals surface area contributed by atoms with Gasteiger partial charge in [-0.15, -0.1) is 0 Å². The summed E-state index contributed by atoms with van der Waals surface area (Å²) in [5.41, 5.74) is 0.993. The van der Waals surface area contributed by atoms with Gasteiger partial charge in [-0.1, -0.05) is 12.1 Å². The number of pyridine rings is 1. The zero-order chi connectivity index (χ0) is 15.2. The quantitative estimate of drug-likeness (QED) is 0.689. The molecule has 0 bridgehead atoms. The van der Waals surface area contributed by atoms with Gasteiger partial charge in [0, 0.05) is 24.0 Å². The summed E-state index contributed by atoms with van der Waals surface area (Å²) in [6, 6.07) is 17.0. The number of ether oxygens (including phenoxy) is 2. The van der Waals surface area contributed by atoms with E-state index in [1.165, 1.54) is 12.1 Å². The molecule has 1 heterocycles. The Hall–Kier alpha value is -2.88. The summed E-state index contributed by atoms with van der Waals surface area (Å²) >= 11 is 0. The molecule has 0 atom stereocenters. The van der Waals surface area contributed by atoms with Crippen molar-refractivity contribution in [3.8, 4) is 17.2 Å². The van der Waals surface area contributed by atoms with Crippen LogP contribution in [-0.2, 0) is 6.61 Å². The van der Waals surface area contributed by atoms with E-state index in [1.807, 2.05) is 30.3 Å². The first-order valence-electron chi connectivity index (χ1n) is 6.85. The van der Waals surface area contributed by atoms with Crippen molar-refractivity contribution in [3.05, 3.63) is 84.4 Å². The van der Waals surface area contributed by atoms with Crippen LogP contribution in [0.1, 0.15) is 5.56 Å². The fraction of sp³-hybridized carbons (Fsp3) is 0.0556. The highest BCUT2D eigenvalue weighted by molar-refractivity contribution is 5.37. The lowest BCUT2D eigenvalue weighted by Gasteiger charge is -2.09. The number of benzene rings is 2. The van der Waals surface area contributed by atoms with Gasteiger partial charge in [0.1, 0.15) is 29.7 Å². The fourth-order valence-corrected chi connectivity index (χ4v) is 1.92. The molecule has 0 amide bonds. The average Bonchev–Trinajstić information content (AvgIpc) is 2.57. The molecule has 0 aliphatic carbocycles. The third-order valence-electron chi connectivity index (χ3n) is 2.98. The average molecular weight is 295 g/mol. The fourth-order valence-electron chi connectivity index (χ4n) is 1.92. The van der Waals surface area contributed by atoms with Gasteiger partial charge in [-0.2, -0.15) is 0 Å². The minimum atomic E-state index is -0.291. The molecule has 0 radical (unpaired) electrons. The molecule has 0 spiro atoms. The molecule has 0 aliphatic heterocycles. The number of halogens is 1. The van der Waals surface area contributed by atoms with Crippen molar-refractivity contribution in [2.24, 2.45) is 0 Å². The van der Waals surface area contributed by atoms with E-state index in [0.717, 1.165) is 5.56 Å². The zero-order valence-corrected chi connectivity index (χ0v) is 11.8. The lowest BCUT2D eigenvalue weighted by atomic mass is 10.3. The van der Waals surface area contributed by atoms with E-state index in [2.05, 4.69) is 4.98 Å². The summed E-state index contributed by atoms with van der Waals surface area (Å²) in [6.45, 7) is 0.438. The summed E-state index contributed by atoms with van der Waals surface area (Å²) in [4.78, 5) is 4.04. The van der Waals surface area contributed by atoms with Gasteiger partial charge >= 0.3 is 0 Å². The van der Waals surface area contributed by atoms with Gasteiger partial charge in [-0.25, -0.2) is 4.39 Å². The molecule has 0 aliphatic rings. The molecule has 22 heavy (non-hydrogen) atoms. The second-order valence-corrected chi connectivity index (χ2v) is 4.68. The molecule has 0 saturated carbocycles. The molecule has 1 aromatic heterocycles. The van der Waals surface area contributed by atoms with Gasteiger partial charge in [-0.3, -0.25) is 4.98 Å². The number of hydrogen-bond acceptors (Lipinski definition) is 3. The Morgan fingerprint density at radius 2 is 1.68 bits per heavy atom. The van der Waals surface area contributed by atoms with Crippen LogP contribution < -0.4 is 9.47 Å². The Balaban J connectivity index is 1.66. The van der Waals surface area contributed by atoms with Crippen LogP contribution in [0.15, 0.2) is 73.1 Å². The summed E-state index contributed by atoms with van der Waals surface area (Å²) in [6.07, 6.45) is 3.49. The molecule has 2 aromatic carbocycles. The summed E-state index contributed by atoms with van der Waals surface area (Å²) in [5, 5.41) is 0. The summed E-state index contributed by atoms with van der Waals surface area (Å²) in [5.74, 6) is 1.62. The Morgan fingerprint density at radius 1 is 0.864 bits per heavy atom. The maximum Gasteiger partial charge on any atom is 0.131 e. The van der Waals surface area contributed by atoms with E-state index in [0.29, 0.717) is 23.9 Å².